The number of nitrogens with zero attached hydrogens (tertiary/aromatic N) is 6. The molecule has 8 heteroatoms. The van der Waals surface area contributed by atoms with E-state index in [9.17, 15) is 0 Å². The molecule has 0 unspecified atom stereocenters. The summed E-state index contributed by atoms with van der Waals surface area (Å²) >= 11 is 0. The summed E-state index contributed by atoms with van der Waals surface area (Å²) in [5.74, 6) is 2.89. The number of fused-ring (bicyclic) bond motifs is 9. The van der Waals surface area contributed by atoms with Gasteiger partial charge < -0.3 is 13.4 Å². The second-order valence-electron chi connectivity index (χ2n) is 19.7. The molecule has 0 atom stereocenters. The van der Waals surface area contributed by atoms with E-state index >= 15 is 0 Å². The summed E-state index contributed by atoms with van der Waals surface area (Å²) in [6, 6.07) is 84.8. The Morgan fingerprint density at radius 2 is 0.714 bits per heavy atom. The lowest BCUT2D eigenvalue weighted by molar-refractivity contribution is 0.619. The van der Waals surface area contributed by atoms with Gasteiger partial charge in [-0.2, -0.15) is 0 Å². The summed E-state index contributed by atoms with van der Waals surface area (Å²) in [4.78, 5) is 25.3. The predicted molar refractivity (Wildman–Crippen MR) is 312 cm³/mol. The van der Waals surface area contributed by atoms with E-state index in [4.69, 9.17) is 33.8 Å². The quantitative estimate of drug-likeness (QED) is 0.157. The van der Waals surface area contributed by atoms with Crippen LogP contribution in [0.5, 0.6) is 0 Å². The van der Waals surface area contributed by atoms with Crippen LogP contribution in [0.25, 0.3) is 161 Å². The SMILES string of the molecule is c1ccc(-n2c3cc4ccccc4cc3c3c(-c4ccc(-c5nc(-c6ccc7cc(-c8nc9ccccc9o8)ccc7c6)nc(-c6ccc7cc(-c8nc9ccccc9o8)ccc7c6)n5)cc4)c4ccccc4cc32)cc1. The maximum Gasteiger partial charge on any atom is 0.227 e. The van der Waals surface area contributed by atoms with Crippen LogP contribution in [0.2, 0.25) is 0 Å². The lowest BCUT2D eigenvalue weighted by atomic mass is 9.92. The van der Waals surface area contributed by atoms with Crippen LogP contribution >= 0.6 is 0 Å². The zero-order valence-electron chi connectivity index (χ0n) is 41.1. The highest BCUT2D eigenvalue weighted by atomic mass is 16.4. The molecule has 0 radical (unpaired) electrons. The van der Waals surface area contributed by atoms with Crippen molar-refractivity contribution in [3.05, 3.63) is 243 Å². The van der Waals surface area contributed by atoms with E-state index in [1.54, 1.807) is 0 Å². The van der Waals surface area contributed by atoms with Crippen molar-refractivity contribution in [2.24, 2.45) is 0 Å². The minimum Gasteiger partial charge on any atom is -0.436 e. The molecule has 0 aliphatic rings. The number of hydrogen-bond donors (Lipinski definition) is 0. The molecule has 8 nitrogen and oxygen atoms in total. The maximum atomic E-state index is 6.14. The summed E-state index contributed by atoms with van der Waals surface area (Å²) in [7, 11) is 0. The Balaban J connectivity index is 0.840. The first-order chi connectivity index (χ1) is 38.1. The van der Waals surface area contributed by atoms with Crippen LogP contribution in [-0.4, -0.2) is 29.5 Å². The summed E-state index contributed by atoms with van der Waals surface area (Å²) < 4.78 is 14.7. The largest absolute Gasteiger partial charge is 0.436 e. The van der Waals surface area contributed by atoms with Crippen molar-refractivity contribution in [1.29, 1.82) is 0 Å². The zero-order valence-corrected chi connectivity index (χ0v) is 41.1. The summed E-state index contributed by atoms with van der Waals surface area (Å²) in [5.41, 5.74) is 13.3. The standard InChI is InChI=1S/C69H40N6O2/c1-2-15-54(16-3-1)75-59-39-44-13-5-4-12-43(44)38-56(59)64-60(75)40-49-14-6-7-17-55(49)63(64)41-22-24-42(25-23-41)65-72-66(50-30-26-47-36-52(32-28-45(47)34-50)68-70-57-18-8-10-20-61(57)76-68)74-67(73-65)51-31-27-48-37-53(33-29-46(48)35-51)69-71-58-19-9-11-21-62(58)77-69/h1-40H. The number of oxazole rings is 2. The first-order valence-electron chi connectivity index (χ1n) is 25.7. The first-order valence-corrected chi connectivity index (χ1v) is 25.7. The average molecular weight is 985 g/mol. The summed E-state index contributed by atoms with van der Waals surface area (Å²) in [6.07, 6.45) is 0. The van der Waals surface area contributed by atoms with Gasteiger partial charge in [0.05, 0.1) is 11.0 Å². The smallest absolute Gasteiger partial charge is 0.227 e. The number of benzene rings is 12. The van der Waals surface area contributed by atoms with E-state index in [-0.39, 0.29) is 0 Å². The molecule has 4 heterocycles. The molecular formula is C69H40N6O2. The molecule has 16 aromatic rings. The van der Waals surface area contributed by atoms with E-state index in [0.29, 0.717) is 29.3 Å². The van der Waals surface area contributed by atoms with Gasteiger partial charge in [-0.1, -0.05) is 152 Å². The minimum atomic E-state index is 0.571. The molecule has 0 amide bonds. The van der Waals surface area contributed by atoms with E-state index in [1.807, 2.05) is 48.5 Å². The van der Waals surface area contributed by atoms with Crippen LogP contribution in [0.3, 0.4) is 0 Å². The molecule has 0 bridgehead atoms. The molecule has 0 fully saturated rings. The number of para-hydroxylation sites is 5. The van der Waals surface area contributed by atoms with Gasteiger partial charge in [0.25, 0.3) is 0 Å². The van der Waals surface area contributed by atoms with Crippen LogP contribution in [0.1, 0.15) is 0 Å². The fraction of sp³-hybridized carbons (Fsp3) is 0. The second kappa shape index (κ2) is 17.0. The fourth-order valence-corrected chi connectivity index (χ4v) is 11.3. The lowest BCUT2D eigenvalue weighted by Crippen LogP contribution is -2.00. The van der Waals surface area contributed by atoms with Crippen LogP contribution < -0.4 is 0 Å². The van der Waals surface area contributed by atoms with Gasteiger partial charge in [0.1, 0.15) is 11.0 Å². The van der Waals surface area contributed by atoms with Gasteiger partial charge in [-0.05, 0) is 145 Å². The topological polar surface area (TPSA) is 95.7 Å². The van der Waals surface area contributed by atoms with Gasteiger partial charge in [0, 0.05) is 44.3 Å². The van der Waals surface area contributed by atoms with Crippen molar-refractivity contribution in [3.8, 4) is 73.9 Å². The van der Waals surface area contributed by atoms with Crippen LogP contribution in [-0.2, 0) is 0 Å². The Morgan fingerprint density at radius 3 is 1.30 bits per heavy atom. The Kier molecular flexibility index (Phi) is 9.46. The highest BCUT2D eigenvalue weighted by molar-refractivity contribution is 6.24. The molecule has 0 saturated heterocycles. The summed E-state index contributed by atoms with van der Waals surface area (Å²) in [6.45, 7) is 0. The lowest BCUT2D eigenvalue weighted by Gasteiger charge is -2.13. The van der Waals surface area contributed by atoms with Crippen molar-refractivity contribution < 1.29 is 8.83 Å². The van der Waals surface area contributed by atoms with Crippen LogP contribution in [0.4, 0.5) is 0 Å². The van der Waals surface area contributed by atoms with Crippen molar-refractivity contribution in [1.82, 2.24) is 29.5 Å². The number of aromatic nitrogens is 6. The van der Waals surface area contributed by atoms with Crippen molar-refractivity contribution in [2.75, 3.05) is 0 Å². The zero-order chi connectivity index (χ0) is 50.6. The second-order valence-corrected chi connectivity index (χ2v) is 19.7. The number of rotatable bonds is 7. The Hall–Kier alpha value is -10.6. The molecule has 0 N–H and O–H groups in total. The van der Waals surface area contributed by atoms with Gasteiger partial charge in [0.15, 0.2) is 28.6 Å². The third-order valence-corrected chi connectivity index (χ3v) is 15.0. The fourth-order valence-electron chi connectivity index (χ4n) is 11.3. The Labute approximate surface area is 439 Å². The third-order valence-electron chi connectivity index (χ3n) is 15.0. The monoisotopic (exact) mass is 984 g/mol. The molecule has 77 heavy (non-hydrogen) atoms. The van der Waals surface area contributed by atoms with Gasteiger partial charge in [-0.3, -0.25) is 0 Å². The molecule has 12 aromatic carbocycles. The maximum absolute atomic E-state index is 6.14. The van der Waals surface area contributed by atoms with Gasteiger partial charge in [0.2, 0.25) is 11.8 Å². The third kappa shape index (κ3) is 7.18. The van der Waals surface area contributed by atoms with E-state index < -0.39 is 0 Å². The van der Waals surface area contributed by atoms with E-state index in [0.717, 1.165) is 93.8 Å². The van der Waals surface area contributed by atoms with E-state index in [2.05, 4.69) is 199 Å². The highest BCUT2D eigenvalue weighted by Crippen LogP contribution is 2.45. The van der Waals surface area contributed by atoms with Gasteiger partial charge >= 0.3 is 0 Å². The molecule has 16 rings (SSSR count). The minimum absolute atomic E-state index is 0.571. The normalized spacial score (nSPS) is 11.9. The number of hydrogen-bond acceptors (Lipinski definition) is 7. The van der Waals surface area contributed by atoms with Crippen molar-refractivity contribution in [3.63, 3.8) is 0 Å². The molecule has 358 valence electrons. The van der Waals surface area contributed by atoms with Crippen LogP contribution in [0, 0.1) is 0 Å². The van der Waals surface area contributed by atoms with E-state index in [1.165, 1.54) is 37.9 Å². The molecule has 0 spiro atoms. The highest BCUT2D eigenvalue weighted by Gasteiger charge is 2.22. The molecular weight excluding hydrogens is 945 g/mol. The predicted octanol–water partition coefficient (Wildman–Crippen LogP) is 17.9. The first kappa shape index (κ1) is 42.9. The summed E-state index contributed by atoms with van der Waals surface area (Å²) in [5, 5.41) is 11.4. The van der Waals surface area contributed by atoms with Crippen molar-refractivity contribution in [2.45, 2.75) is 0 Å². The van der Waals surface area contributed by atoms with Gasteiger partial charge in [-0.15, -0.1) is 0 Å². The Bertz CT molecular complexity index is 4810. The molecule has 0 aliphatic carbocycles. The molecule has 0 saturated carbocycles. The molecule has 0 aliphatic heterocycles. The van der Waals surface area contributed by atoms with Gasteiger partial charge in [-0.25, -0.2) is 24.9 Å². The Morgan fingerprint density at radius 1 is 0.286 bits per heavy atom. The molecule has 4 aromatic heterocycles. The van der Waals surface area contributed by atoms with Crippen LogP contribution in [0.15, 0.2) is 251 Å². The van der Waals surface area contributed by atoms with Crippen molar-refractivity contribution >= 4 is 87.1 Å². The average Bonchev–Trinajstić information content (AvgIpc) is 4.24.